The summed E-state index contributed by atoms with van der Waals surface area (Å²) in [6.07, 6.45) is 1.52. The van der Waals surface area contributed by atoms with Crippen molar-refractivity contribution in [1.82, 2.24) is 0 Å². The molecule has 17 heavy (non-hydrogen) atoms. The standard InChI is InChI=1S/C15H12N2/c16-12-11-15(13-7-3-1-4-8-13)17-14-9-5-2-6-10-14/h1-11,17H. The van der Waals surface area contributed by atoms with Crippen LogP contribution in [0.25, 0.3) is 5.70 Å². The number of hydrogen-bond donors (Lipinski definition) is 1. The molecule has 2 aromatic carbocycles. The number of allylic oxidation sites excluding steroid dienone is 1. The third-order valence-electron chi connectivity index (χ3n) is 2.35. The first-order valence-corrected chi connectivity index (χ1v) is 5.37. The number of rotatable bonds is 3. The van der Waals surface area contributed by atoms with Crippen LogP contribution in [0.15, 0.2) is 66.7 Å². The van der Waals surface area contributed by atoms with Crippen LogP contribution in [-0.2, 0) is 0 Å². The molecule has 82 valence electrons. The molecule has 2 nitrogen and oxygen atoms in total. The molecule has 0 aliphatic heterocycles. The molecule has 0 saturated heterocycles. The lowest BCUT2D eigenvalue weighted by Crippen LogP contribution is -1.98. The summed E-state index contributed by atoms with van der Waals surface area (Å²) in [7, 11) is 0. The highest BCUT2D eigenvalue weighted by molar-refractivity contribution is 5.77. The smallest absolute Gasteiger partial charge is 0.0934 e. The van der Waals surface area contributed by atoms with Gasteiger partial charge in [-0.05, 0) is 17.7 Å². The van der Waals surface area contributed by atoms with Crippen molar-refractivity contribution < 1.29 is 0 Å². The van der Waals surface area contributed by atoms with Gasteiger partial charge in [-0.2, -0.15) is 5.26 Å². The van der Waals surface area contributed by atoms with Crippen LogP contribution in [-0.4, -0.2) is 0 Å². The van der Waals surface area contributed by atoms with Gasteiger partial charge in [-0.25, -0.2) is 0 Å². The number of nitrogens with zero attached hydrogens (tertiary/aromatic N) is 1. The number of para-hydroxylation sites is 1. The van der Waals surface area contributed by atoms with E-state index in [0.29, 0.717) is 0 Å². The zero-order valence-corrected chi connectivity index (χ0v) is 9.30. The van der Waals surface area contributed by atoms with Gasteiger partial charge in [0.05, 0.1) is 11.8 Å². The minimum atomic E-state index is 0.805. The van der Waals surface area contributed by atoms with Crippen LogP contribution in [0.2, 0.25) is 0 Å². The fourth-order valence-electron chi connectivity index (χ4n) is 1.55. The predicted molar refractivity (Wildman–Crippen MR) is 70.1 cm³/mol. The Hall–Kier alpha value is -2.53. The lowest BCUT2D eigenvalue weighted by atomic mass is 10.1. The molecule has 2 heteroatoms. The minimum absolute atomic E-state index is 0.805. The molecule has 0 amide bonds. The van der Waals surface area contributed by atoms with Gasteiger partial charge in [-0.3, -0.25) is 0 Å². The second-order valence-electron chi connectivity index (χ2n) is 3.54. The molecule has 0 saturated carbocycles. The largest absolute Gasteiger partial charge is 0.354 e. The Balaban J connectivity index is 2.27. The lowest BCUT2D eigenvalue weighted by molar-refractivity contribution is 1.50. The molecule has 0 aliphatic carbocycles. The third-order valence-corrected chi connectivity index (χ3v) is 2.35. The van der Waals surface area contributed by atoms with E-state index in [1.807, 2.05) is 60.7 Å². The Labute approximate surface area is 101 Å². The van der Waals surface area contributed by atoms with E-state index >= 15 is 0 Å². The van der Waals surface area contributed by atoms with Gasteiger partial charge in [-0.1, -0.05) is 48.5 Å². The maximum atomic E-state index is 8.81. The average Bonchev–Trinajstić information content (AvgIpc) is 2.40. The van der Waals surface area contributed by atoms with Crippen molar-refractivity contribution in [2.75, 3.05) is 5.32 Å². The lowest BCUT2D eigenvalue weighted by Gasteiger charge is -2.09. The van der Waals surface area contributed by atoms with Crippen LogP contribution in [0.4, 0.5) is 5.69 Å². The van der Waals surface area contributed by atoms with Crippen molar-refractivity contribution in [3.8, 4) is 6.07 Å². The molecule has 0 aliphatic rings. The van der Waals surface area contributed by atoms with Gasteiger partial charge >= 0.3 is 0 Å². The summed E-state index contributed by atoms with van der Waals surface area (Å²) in [6, 6.07) is 21.7. The molecule has 0 bridgehead atoms. The quantitative estimate of drug-likeness (QED) is 0.801. The molecular formula is C15H12N2. The Morgan fingerprint density at radius 2 is 1.53 bits per heavy atom. The van der Waals surface area contributed by atoms with Crippen LogP contribution < -0.4 is 5.32 Å². The molecule has 2 rings (SSSR count). The molecule has 0 spiro atoms. The first kappa shape index (κ1) is 11.0. The van der Waals surface area contributed by atoms with Gasteiger partial charge in [0, 0.05) is 11.8 Å². The van der Waals surface area contributed by atoms with Gasteiger partial charge in [0.2, 0.25) is 0 Å². The third kappa shape index (κ3) is 2.96. The highest BCUT2D eigenvalue weighted by Crippen LogP contribution is 2.17. The van der Waals surface area contributed by atoms with Crippen LogP contribution >= 0.6 is 0 Å². The van der Waals surface area contributed by atoms with Crippen molar-refractivity contribution in [3.63, 3.8) is 0 Å². The topological polar surface area (TPSA) is 35.8 Å². The first-order valence-electron chi connectivity index (χ1n) is 5.37. The van der Waals surface area contributed by atoms with E-state index < -0.39 is 0 Å². The minimum Gasteiger partial charge on any atom is -0.354 e. The van der Waals surface area contributed by atoms with Gasteiger partial charge in [0.1, 0.15) is 0 Å². The van der Waals surface area contributed by atoms with Gasteiger partial charge in [0.25, 0.3) is 0 Å². The zero-order chi connectivity index (χ0) is 11.9. The van der Waals surface area contributed by atoms with E-state index in [-0.39, 0.29) is 0 Å². The van der Waals surface area contributed by atoms with Crippen molar-refractivity contribution in [2.24, 2.45) is 0 Å². The number of hydrogen-bond acceptors (Lipinski definition) is 2. The Morgan fingerprint density at radius 3 is 2.12 bits per heavy atom. The Morgan fingerprint density at radius 1 is 0.941 bits per heavy atom. The highest BCUT2D eigenvalue weighted by atomic mass is 14.9. The van der Waals surface area contributed by atoms with Crippen LogP contribution in [0.5, 0.6) is 0 Å². The number of nitrogens with one attached hydrogen (secondary N) is 1. The molecule has 0 fully saturated rings. The average molecular weight is 220 g/mol. The van der Waals surface area contributed by atoms with Gasteiger partial charge in [0.15, 0.2) is 0 Å². The van der Waals surface area contributed by atoms with Gasteiger partial charge < -0.3 is 5.32 Å². The fourth-order valence-corrected chi connectivity index (χ4v) is 1.55. The van der Waals surface area contributed by atoms with E-state index in [1.165, 1.54) is 6.08 Å². The van der Waals surface area contributed by atoms with E-state index in [0.717, 1.165) is 16.9 Å². The summed E-state index contributed by atoms with van der Waals surface area (Å²) in [4.78, 5) is 0. The van der Waals surface area contributed by atoms with E-state index in [2.05, 4.69) is 11.4 Å². The van der Waals surface area contributed by atoms with E-state index in [9.17, 15) is 0 Å². The van der Waals surface area contributed by atoms with Crippen molar-refractivity contribution in [1.29, 1.82) is 5.26 Å². The van der Waals surface area contributed by atoms with Crippen molar-refractivity contribution in [3.05, 3.63) is 72.3 Å². The SMILES string of the molecule is N#CC=C(Nc1ccccc1)c1ccccc1. The van der Waals surface area contributed by atoms with Crippen LogP contribution in [0.1, 0.15) is 5.56 Å². The van der Waals surface area contributed by atoms with E-state index in [1.54, 1.807) is 0 Å². The number of nitriles is 1. The maximum Gasteiger partial charge on any atom is 0.0934 e. The molecule has 0 heterocycles. The molecule has 0 aromatic heterocycles. The highest BCUT2D eigenvalue weighted by Gasteiger charge is 2.00. The van der Waals surface area contributed by atoms with Gasteiger partial charge in [-0.15, -0.1) is 0 Å². The molecule has 0 atom stereocenters. The first-order chi connectivity index (χ1) is 8.40. The molecule has 0 radical (unpaired) electrons. The molecule has 2 aromatic rings. The molecular weight excluding hydrogens is 208 g/mol. The van der Waals surface area contributed by atoms with Crippen molar-refractivity contribution >= 4 is 11.4 Å². The normalized spacial score (nSPS) is 10.6. The Bertz CT molecular complexity index is 536. The number of benzene rings is 2. The molecule has 1 N–H and O–H groups in total. The zero-order valence-electron chi connectivity index (χ0n) is 9.30. The summed E-state index contributed by atoms with van der Waals surface area (Å²) < 4.78 is 0. The summed E-state index contributed by atoms with van der Waals surface area (Å²) >= 11 is 0. The van der Waals surface area contributed by atoms with Crippen molar-refractivity contribution in [2.45, 2.75) is 0 Å². The number of anilines is 1. The summed E-state index contributed by atoms with van der Waals surface area (Å²) in [6.45, 7) is 0. The summed E-state index contributed by atoms with van der Waals surface area (Å²) in [5.41, 5.74) is 2.77. The predicted octanol–water partition coefficient (Wildman–Crippen LogP) is 3.66. The van der Waals surface area contributed by atoms with Crippen LogP contribution in [0.3, 0.4) is 0 Å². The summed E-state index contributed by atoms with van der Waals surface area (Å²) in [5, 5.41) is 12.0. The Kier molecular flexibility index (Phi) is 3.57. The fraction of sp³-hybridized carbons (Fsp3) is 0. The maximum absolute atomic E-state index is 8.81. The van der Waals surface area contributed by atoms with Crippen LogP contribution in [0, 0.1) is 11.3 Å². The van der Waals surface area contributed by atoms with E-state index in [4.69, 9.17) is 5.26 Å². The summed E-state index contributed by atoms with van der Waals surface area (Å²) in [5.74, 6) is 0. The second kappa shape index (κ2) is 5.53. The second-order valence-corrected chi connectivity index (χ2v) is 3.54. The monoisotopic (exact) mass is 220 g/mol. The molecule has 0 unspecified atom stereocenters.